The molecule has 3 heterocycles. The first-order valence-electron chi connectivity index (χ1n) is 11.9. The molecule has 1 saturated heterocycles. The molecule has 0 spiro atoms. The van der Waals surface area contributed by atoms with E-state index in [4.69, 9.17) is 4.74 Å². The third-order valence-electron chi connectivity index (χ3n) is 6.41. The molecule has 2 aromatic heterocycles. The monoisotopic (exact) mass is 472 g/mol. The molecule has 0 bridgehead atoms. The van der Waals surface area contributed by atoms with E-state index < -0.39 is 5.82 Å². The van der Waals surface area contributed by atoms with Crippen molar-refractivity contribution < 1.29 is 13.9 Å². The Hall–Kier alpha value is -3.85. The van der Waals surface area contributed by atoms with Gasteiger partial charge in [0.2, 0.25) is 5.88 Å². The van der Waals surface area contributed by atoms with Crippen LogP contribution < -0.4 is 15.4 Å². The fourth-order valence-electron chi connectivity index (χ4n) is 4.37. The first-order chi connectivity index (χ1) is 17.1. The molecule has 2 aromatic carbocycles. The van der Waals surface area contributed by atoms with Gasteiger partial charge < -0.3 is 15.4 Å². The van der Waals surface area contributed by atoms with Crippen LogP contribution in [-0.4, -0.2) is 51.3 Å². The van der Waals surface area contributed by atoms with Crippen LogP contribution in [0.3, 0.4) is 0 Å². The molecule has 9 heteroatoms. The summed E-state index contributed by atoms with van der Waals surface area (Å²) >= 11 is 0. The molecule has 35 heavy (non-hydrogen) atoms. The number of rotatable bonds is 6. The average Bonchev–Trinajstić information content (AvgIpc) is 3.60. The Morgan fingerprint density at radius 1 is 1.11 bits per heavy atom. The van der Waals surface area contributed by atoms with Crippen LogP contribution in [0.2, 0.25) is 0 Å². The smallest absolute Gasteiger partial charge is 0.251 e. The minimum Gasteiger partial charge on any atom is -0.472 e. The Balaban J connectivity index is 1.32. The molecule has 0 radical (unpaired) electrons. The fourth-order valence-corrected chi connectivity index (χ4v) is 4.37. The molecule has 8 nitrogen and oxygen atoms in total. The molecular weight excluding hydrogens is 447 g/mol. The van der Waals surface area contributed by atoms with Gasteiger partial charge in [0.1, 0.15) is 23.3 Å². The van der Waals surface area contributed by atoms with Gasteiger partial charge in [-0.25, -0.2) is 9.37 Å². The Morgan fingerprint density at radius 2 is 2.03 bits per heavy atom. The van der Waals surface area contributed by atoms with E-state index in [1.165, 1.54) is 12.1 Å². The third-order valence-corrected chi connectivity index (χ3v) is 6.41. The second kappa shape index (κ2) is 9.07. The lowest BCUT2D eigenvalue weighted by molar-refractivity contribution is 0.0951. The van der Waals surface area contributed by atoms with Crippen molar-refractivity contribution in [3.8, 4) is 28.4 Å². The molecule has 3 N–H and O–H groups in total. The van der Waals surface area contributed by atoms with Crippen LogP contribution >= 0.6 is 0 Å². The van der Waals surface area contributed by atoms with E-state index in [1.807, 2.05) is 18.2 Å². The van der Waals surface area contributed by atoms with Crippen molar-refractivity contribution in [2.24, 2.45) is 0 Å². The predicted molar refractivity (Wildman–Crippen MR) is 130 cm³/mol. The summed E-state index contributed by atoms with van der Waals surface area (Å²) in [6.07, 6.45) is 7.31. The molecule has 1 amide bonds. The summed E-state index contributed by atoms with van der Waals surface area (Å²) in [5, 5.41) is 14.5. The first-order valence-corrected chi connectivity index (χ1v) is 11.9. The molecule has 178 valence electrons. The average molecular weight is 473 g/mol. The minimum atomic E-state index is -0.395. The Bertz CT molecular complexity index is 1390. The van der Waals surface area contributed by atoms with Crippen LogP contribution in [0.15, 0.2) is 48.8 Å². The van der Waals surface area contributed by atoms with Gasteiger partial charge in [-0.1, -0.05) is 6.07 Å². The zero-order valence-electron chi connectivity index (χ0n) is 19.1. The fraction of sp³-hybridized carbons (Fsp3) is 0.308. The SMILES string of the molecule is O=C(NC1CC1)c1ccc(F)c(-c2ccc3[nH]nc(-c4cncc(O[C@@H]5CCCNC5)n4)c3c2)c1. The summed E-state index contributed by atoms with van der Waals surface area (Å²) in [7, 11) is 0. The van der Waals surface area contributed by atoms with Crippen molar-refractivity contribution in [3.63, 3.8) is 0 Å². The highest BCUT2D eigenvalue weighted by Gasteiger charge is 2.24. The number of H-pyrrole nitrogens is 1. The molecule has 0 unspecified atom stereocenters. The summed E-state index contributed by atoms with van der Waals surface area (Å²) in [4.78, 5) is 21.4. The Labute approximate surface area is 201 Å². The number of nitrogens with zero attached hydrogens (tertiary/aromatic N) is 3. The largest absolute Gasteiger partial charge is 0.472 e. The van der Waals surface area contributed by atoms with Crippen LogP contribution in [0.4, 0.5) is 4.39 Å². The van der Waals surface area contributed by atoms with Gasteiger partial charge >= 0.3 is 0 Å². The van der Waals surface area contributed by atoms with Crippen LogP contribution in [0.25, 0.3) is 33.4 Å². The second-order valence-corrected chi connectivity index (χ2v) is 9.10. The molecular formula is C26H25FN6O2. The molecule has 4 aromatic rings. The zero-order valence-corrected chi connectivity index (χ0v) is 19.1. The predicted octanol–water partition coefficient (Wildman–Crippen LogP) is 3.85. The number of amides is 1. The summed E-state index contributed by atoms with van der Waals surface area (Å²) in [6.45, 7) is 1.78. The van der Waals surface area contributed by atoms with E-state index in [0.29, 0.717) is 34.0 Å². The number of aromatic amines is 1. The molecule has 1 aliphatic carbocycles. The quantitative estimate of drug-likeness (QED) is 0.394. The number of piperidine rings is 1. The third kappa shape index (κ3) is 4.59. The van der Waals surface area contributed by atoms with E-state index in [-0.39, 0.29) is 18.1 Å². The molecule has 1 atom stereocenters. The highest BCUT2D eigenvalue weighted by Crippen LogP contribution is 2.32. The lowest BCUT2D eigenvalue weighted by Crippen LogP contribution is -2.37. The van der Waals surface area contributed by atoms with Gasteiger partial charge in [0.05, 0.1) is 17.9 Å². The zero-order chi connectivity index (χ0) is 23.8. The second-order valence-electron chi connectivity index (χ2n) is 9.10. The summed E-state index contributed by atoms with van der Waals surface area (Å²) in [5.74, 6) is -0.128. The van der Waals surface area contributed by atoms with Gasteiger partial charge in [-0.15, -0.1) is 0 Å². The number of carbonyl (C=O) groups excluding carboxylic acids is 1. The van der Waals surface area contributed by atoms with Crippen molar-refractivity contribution >= 4 is 16.8 Å². The highest BCUT2D eigenvalue weighted by molar-refractivity contribution is 5.97. The number of ether oxygens (including phenoxy) is 1. The minimum absolute atomic E-state index is 0.0585. The number of hydrogen-bond donors (Lipinski definition) is 3. The number of halogens is 1. The number of benzene rings is 2. The lowest BCUT2D eigenvalue weighted by atomic mass is 9.99. The van der Waals surface area contributed by atoms with Crippen LogP contribution in [0.5, 0.6) is 5.88 Å². The van der Waals surface area contributed by atoms with Crippen LogP contribution in [0.1, 0.15) is 36.0 Å². The molecule has 2 fully saturated rings. The maximum absolute atomic E-state index is 14.8. The van der Waals surface area contributed by atoms with Gasteiger partial charge in [-0.2, -0.15) is 5.10 Å². The first kappa shape index (κ1) is 21.7. The summed E-state index contributed by atoms with van der Waals surface area (Å²) < 4.78 is 20.8. The molecule has 1 saturated carbocycles. The number of carbonyl (C=O) groups is 1. The summed E-state index contributed by atoms with van der Waals surface area (Å²) in [6, 6.07) is 10.2. The van der Waals surface area contributed by atoms with Crippen LogP contribution in [-0.2, 0) is 0 Å². The van der Waals surface area contributed by atoms with Crippen molar-refractivity contribution in [1.82, 2.24) is 30.8 Å². The van der Waals surface area contributed by atoms with Gasteiger partial charge in [0.25, 0.3) is 5.91 Å². The van der Waals surface area contributed by atoms with Gasteiger partial charge in [0.15, 0.2) is 0 Å². The number of hydrogen-bond acceptors (Lipinski definition) is 6. The number of aromatic nitrogens is 4. The normalized spacial score (nSPS) is 17.9. The van der Waals surface area contributed by atoms with Crippen molar-refractivity contribution in [1.29, 1.82) is 0 Å². The van der Waals surface area contributed by atoms with E-state index >= 15 is 0 Å². The van der Waals surface area contributed by atoms with Gasteiger partial charge in [-0.05, 0) is 68.1 Å². The number of fused-ring (bicyclic) bond motifs is 1. The van der Waals surface area contributed by atoms with Crippen molar-refractivity contribution in [2.75, 3.05) is 13.1 Å². The maximum atomic E-state index is 14.8. The van der Waals surface area contributed by atoms with E-state index in [2.05, 4.69) is 30.8 Å². The maximum Gasteiger partial charge on any atom is 0.251 e. The highest BCUT2D eigenvalue weighted by atomic mass is 19.1. The van der Waals surface area contributed by atoms with Gasteiger partial charge in [0, 0.05) is 29.1 Å². The van der Waals surface area contributed by atoms with Crippen molar-refractivity contribution in [2.45, 2.75) is 37.8 Å². The van der Waals surface area contributed by atoms with E-state index in [1.54, 1.807) is 18.5 Å². The van der Waals surface area contributed by atoms with E-state index in [0.717, 1.165) is 49.7 Å². The van der Waals surface area contributed by atoms with Crippen molar-refractivity contribution in [3.05, 3.63) is 60.2 Å². The lowest BCUT2D eigenvalue weighted by Gasteiger charge is -2.23. The topological polar surface area (TPSA) is 105 Å². The molecule has 6 rings (SSSR count). The molecule has 2 aliphatic rings. The molecule has 1 aliphatic heterocycles. The van der Waals surface area contributed by atoms with E-state index in [9.17, 15) is 9.18 Å². The Morgan fingerprint density at radius 3 is 2.86 bits per heavy atom. The number of nitrogens with one attached hydrogen (secondary N) is 3. The van der Waals surface area contributed by atoms with Crippen LogP contribution in [0, 0.1) is 5.82 Å². The standard InChI is InChI=1S/C26H25FN6O2/c27-21-7-3-16(26(34)30-17-5-6-17)11-19(21)15-4-8-22-20(10-15)25(33-32-22)23-13-29-14-24(31-23)35-18-2-1-9-28-12-18/h3-4,7-8,10-11,13-14,17-18,28H,1-2,5-6,9,12H2,(H,30,34)(H,32,33)/t18-/m1/s1. The Kier molecular flexibility index (Phi) is 5.61. The summed E-state index contributed by atoms with van der Waals surface area (Å²) in [5.41, 5.74) is 3.39. The van der Waals surface area contributed by atoms with Gasteiger partial charge in [-0.3, -0.25) is 14.9 Å².